The lowest BCUT2D eigenvalue weighted by atomic mass is 10.1. The topological polar surface area (TPSA) is 64.4 Å². The van der Waals surface area contributed by atoms with E-state index in [1.807, 2.05) is 42.8 Å². The van der Waals surface area contributed by atoms with E-state index >= 15 is 0 Å². The number of hydrogen-bond donors (Lipinski definition) is 0. The van der Waals surface area contributed by atoms with Crippen molar-refractivity contribution in [3.63, 3.8) is 0 Å². The van der Waals surface area contributed by atoms with Gasteiger partial charge in [-0.15, -0.1) is 0 Å². The highest BCUT2D eigenvalue weighted by Gasteiger charge is 2.19. The SMILES string of the molecule is COC(=O)[C@H](C)CN(C)C(=O)c1cccc(Cn2nc(C)cc2C)c1. The molecule has 1 atom stereocenters. The second-order valence-electron chi connectivity index (χ2n) is 6.40. The minimum Gasteiger partial charge on any atom is -0.469 e. The average Bonchev–Trinajstić information content (AvgIpc) is 2.90. The Kier molecular flexibility index (Phi) is 5.96. The first-order valence-electron chi connectivity index (χ1n) is 8.25. The number of carbonyl (C=O) groups excluding carboxylic acids is 2. The summed E-state index contributed by atoms with van der Waals surface area (Å²) in [6.45, 7) is 6.64. The fourth-order valence-corrected chi connectivity index (χ4v) is 2.80. The van der Waals surface area contributed by atoms with E-state index in [4.69, 9.17) is 4.74 Å². The van der Waals surface area contributed by atoms with E-state index in [0.29, 0.717) is 18.7 Å². The van der Waals surface area contributed by atoms with Crippen molar-refractivity contribution in [2.75, 3.05) is 20.7 Å². The average molecular weight is 343 g/mol. The smallest absolute Gasteiger partial charge is 0.310 e. The number of benzene rings is 1. The standard InChI is InChI=1S/C19H25N3O3/c1-13(19(24)25-5)11-21(4)18(23)17-8-6-7-16(10-17)12-22-15(3)9-14(2)20-22/h6-10,13H,11-12H2,1-5H3/t13-/m1/s1. The molecule has 25 heavy (non-hydrogen) atoms. The van der Waals surface area contributed by atoms with E-state index < -0.39 is 0 Å². The van der Waals surface area contributed by atoms with Crippen LogP contribution in [0.25, 0.3) is 0 Å². The normalized spacial score (nSPS) is 11.9. The molecule has 1 heterocycles. The molecular weight excluding hydrogens is 318 g/mol. The molecule has 1 aromatic heterocycles. The fraction of sp³-hybridized carbons (Fsp3) is 0.421. The maximum atomic E-state index is 12.6. The van der Waals surface area contributed by atoms with Crippen LogP contribution in [0.4, 0.5) is 0 Å². The van der Waals surface area contributed by atoms with Crippen LogP contribution >= 0.6 is 0 Å². The van der Waals surface area contributed by atoms with Crippen LogP contribution in [0.2, 0.25) is 0 Å². The van der Waals surface area contributed by atoms with Gasteiger partial charge in [0.15, 0.2) is 0 Å². The molecule has 0 bridgehead atoms. The van der Waals surface area contributed by atoms with E-state index in [1.54, 1.807) is 24.9 Å². The van der Waals surface area contributed by atoms with Gasteiger partial charge in [-0.3, -0.25) is 14.3 Å². The van der Waals surface area contributed by atoms with E-state index in [-0.39, 0.29) is 17.8 Å². The Balaban J connectivity index is 2.10. The van der Waals surface area contributed by atoms with Crippen LogP contribution in [0.3, 0.4) is 0 Å². The summed E-state index contributed by atoms with van der Waals surface area (Å²) in [7, 11) is 3.04. The molecule has 2 rings (SSSR count). The summed E-state index contributed by atoms with van der Waals surface area (Å²) in [6.07, 6.45) is 0. The van der Waals surface area contributed by atoms with E-state index in [9.17, 15) is 9.59 Å². The Bertz CT molecular complexity index is 767. The van der Waals surface area contributed by atoms with E-state index in [0.717, 1.165) is 17.0 Å². The third-order valence-electron chi connectivity index (χ3n) is 4.11. The third kappa shape index (κ3) is 4.68. The van der Waals surface area contributed by atoms with Crippen LogP contribution in [0.15, 0.2) is 30.3 Å². The monoisotopic (exact) mass is 343 g/mol. The molecule has 0 saturated carbocycles. The molecule has 0 radical (unpaired) electrons. The zero-order valence-corrected chi connectivity index (χ0v) is 15.4. The predicted octanol–water partition coefficient (Wildman–Crippen LogP) is 2.43. The zero-order chi connectivity index (χ0) is 18.6. The van der Waals surface area contributed by atoms with Gasteiger partial charge in [-0.1, -0.05) is 19.1 Å². The summed E-state index contributed by atoms with van der Waals surface area (Å²) in [4.78, 5) is 25.7. The van der Waals surface area contributed by atoms with Gasteiger partial charge in [0.25, 0.3) is 5.91 Å². The van der Waals surface area contributed by atoms with Crippen molar-refractivity contribution in [2.45, 2.75) is 27.3 Å². The van der Waals surface area contributed by atoms with Gasteiger partial charge < -0.3 is 9.64 Å². The Morgan fingerprint density at radius 1 is 1.28 bits per heavy atom. The Morgan fingerprint density at radius 3 is 2.60 bits per heavy atom. The Morgan fingerprint density at radius 2 is 2.00 bits per heavy atom. The third-order valence-corrected chi connectivity index (χ3v) is 4.11. The quantitative estimate of drug-likeness (QED) is 0.756. The molecule has 0 aliphatic rings. The lowest BCUT2D eigenvalue weighted by molar-refractivity contribution is -0.145. The summed E-state index contributed by atoms with van der Waals surface area (Å²) in [6, 6.07) is 9.53. The minimum absolute atomic E-state index is 0.119. The van der Waals surface area contributed by atoms with Crippen molar-refractivity contribution in [3.05, 3.63) is 52.8 Å². The molecule has 1 aromatic carbocycles. The summed E-state index contributed by atoms with van der Waals surface area (Å²) in [5.41, 5.74) is 3.66. The number of ether oxygens (including phenoxy) is 1. The molecule has 2 aromatic rings. The largest absolute Gasteiger partial charge is 0.469 e. The Labute approximate surface area is 148 Å². The van der Waals surface area contributed by atoms with Gasteiger partial charge in [0.2, 0.25) is 0 Å². The van der Waals surface area contributed by atoms with Crippen molar-refractivity contribution in [1.29, 1.82) is 0 Å². The first-order chi connectivity index (χ1) is 11.8. The number of methoxy groups -OCH3 is 1. The van der Waals surface area contributed by atoms with Gasteiger partial charge >= 0.3 is 5.97 Å². The summed E-state index contributed by atoms with van der Waals surface area (Å²) in [5.74, 6) is -0.805. The predicted molar refractivity (Wildman–Crippen MR) is 95.4 cm³/mol. The highest BCUT2D eigenvalue weighted by atomic mass is 16.5. The molecule has 0 spiro atoms. The van der Waals surface area contributed by atoms with Crippen molar-refractivity contribution >= 4 is 11.9 Å². The number of amides is 1. The summed E-state index contributed by atoms with van der Waals surface area (Å²) in [5, 5.41) is 4.45. The molecule has 0 aliphatic carbocycles. The number of nitrogens with zero attached hydrogens (tertiary/aromatic N) is 3. The van der Waals surface area contributed by atoms with Crippen LogP contribution in [0.5, 0.6) is 0 Å². The summed E-state index contributed by atoms with van der Waals surface area (Å²) < 4.78 is 6.63. The number of rotatable bonds is 6. The molecule has 134 valence electrons. The van der Waals surface area contributed by atoms with Gasteiger partial charge in [0.05, 0.1) is 25.3 Å². The van der Waals surface area contributed by atoms with Crippen LogP contribution < -0.4 is 0 Å². The van der Waals surface area contributed by atoms with Crippen LogP contribution in [-0.4, -0.2) is 47.3 Å². The lowest BCUT2D eigenvalue weighted by Crippen LogP contribution is -2.34. The van der Waals surface area contributed by atoms with E-state index in [1.165, 1.54) is 7.11 Å². The minimum atomic E-state index is -0.364. The van der Waals surface area contributed by atoms with Crippen molar-refractivity contribution in [2.24, 2.45) is 5.92 Å². The first kappa shape index (κ1) is 18.7. The van der Waals surface area contributed by atoms with Crippen LogP contribution in [-0.2, 0) is 16.1 Å². The summed E-state index contributed by atoms with van der Waals surface area (Å²) >= 11 is 0. The van der Waals surface area contributed by atoms with E-state index in [2.05, 4.69) is 5.10 Å². The fourth-order valence-electron chi connectivity index (χ4n) is 2.80. The molecular formula is C19H25N3O3. The van der Waals surface area contributed by atoms with Gasteiger partial charge in [-0.25, -0.2) is 0 Å². The highest BCUT2D eigenvalue weighted by Crippen LogP contribution is 2.12. The number of esters is 1. The van der Waals surface area contributed by atoms with Crippen LogP contribution in [0.1, 0.15) is 34.2 Å². The van der Waals surface area contributed by atoms with Gasteiger partial charge in [0, 0.05) is 24.8 Å². The molecule has 0 saturated heterocycles. The second-order valence-corrected chi connectivity index (χ2v) is 6.40. The van der Waals surface area contributed by atoms with Crippen molar-refractivity contribution in [1.82, 2.24) is 14.7 Å². The molecule has 0 aliphatic heterocycles. The zero-order valence-electron chi connectivity index (χ0n) is 15.4. The van der Waals surface area contributed by atoms with Gasteiger partial charge in [0.1, 0.15) is 0 Å². The lowest BCUT2D eigenvalue weighted by Gasteiger charge is -2.20. The van der Waals surface area contributed by atoms with Gasteiger partial charge in [-0.05, 0) is 37.6 Å². The molecule has 6 nitrogen and oxygen atoms in total. The highest BCUT2D eigenvalue weighted by molar-refractivity contribution is 5.94. The number of aryl methyl sites for hydroxylation is 2. The second kappa shape index (κ2) is 7.96. The van der Waals surface area contributed by atoms with Crippen molar-refractivity contribution in [3.8, 4) is 0 Å². The maximum Gasteiger partial charge on any atom is 0.310 e. The number of carbonyl (C=O) groups is 2. The Hall–Kier alpha value is -2.63. The van der Waals surface area contributed by atoms with Crippen molar-refractivity contribution < 1.29 is 14.3 Å². The first-order valence-corrected chi connectivity index (χ1v) is 8.25. The molecule has 6 heteroatoms. The molecule has 0 N–H and O–H groups in total. The van der Waals surface area contributed by atoms with Gasteiger partial charge in [-0.2, -0.15) is 5.10 Å². The number of aromatic nitrogens is 2. The molecule has 0 fully saturated rings. The maximum absolute atomic E-state index is 12.6. The molecule has 1 amide bonds. The van der Waals surface area contributed by atoms with Crippen LogP contribution in [0, 0.1) is 19.8 Å². The number of hydrogen-bond acceptors (Lipinski definition) is 4. The molecule has 0 unspecified atom stereocenters.